The highest BCUT2D eigenvalue weighted by atomic mass is 32.2. The van der Waals surface area contributed by atoms with E-state index in [1.165, 1.54) is 0 Å². The molecular formula is C22H22N2O3S. The molecule has 0 fully saturated rings. The molecule has 3 rings (SSSR count). The third kappa shape index (κ3) is 5.77. The van der Waals surface area contributed by atoms with Gasteiger partial charge in [-0.3, -0.25) is 4.79 Å². The van der Waals surface area contributed by atoms with Crippen molar-refractivity contribution < 1.29 is 13.2 Å². The number of carbonyl (C=O) groups excluding carboxylic acids is 1. The summed E-state index contributed by atoms with van der Waals surface area (Å²) in [5, 5.41) is 2.84. The Labute approximate surface area is 165 Å². The molecule has 28 heavy (non-hydrogen) atoms. The van der Waals surface area contributed by atoms with Gasteiger partial charge in [-0.2, -0.15) is 0 Å². The number of aryl methyl sites for hydroxylation is 1. The fourth-order valence-electron chi connectivity index (χ4n) is 2.70. The first-order chi connectivity index (χ1) is 13.5. The topological polar surface area (TPSA) is 75.3 Å². The summed E-state index contributed by atoms with van der Waals surface area (Å²) in [4.78, 5) is 12.2. The number of anilines is 1. The molecule has 3 aromatic rings. The lowest BCUT2D eigenvalue weighted by atomic mass is 10.1. The van der Waals surface area contributed by atoms with Gasteiger partial charge in [0.2, 0.25) is 15.9 Å². The molecule has 0 bridgehead atoms. The molecule has 0 heterocycles. The monoisotopic (exact) mass is 394 g/mol. The van der Waals surface area contributed by atoms with E-state index in [-0.39, 0.29) is 17.3 Å². The number of sulfonamides is 1. The number of nitrogens with one attached hydrogen (secondary N) is 2. The fourth-order valence-corrected chi connectivity index (χ4v) is 3.71. The summed E-state index contributed by atoms with van der Waals surface area (Å²) in [7, 11) is -3.58. The van der Waals surface area contributed by atoms with Crippen molar-refractivity contribution in [1.29, 1.82) is 0 Å². The van der Waals surface area contributed by atoms with Gasteiger partial charge in [0, 0.05) is 18.7 Å². The van der Waals surface area contributed by atoms with Crippen LogP contribution in [0.15, 0.2) is 89.8 Å². The summed E-state index contributed by atoms with van der Waals surface area (Å²) in [6.07, 6.45) is 0.865. The normalized spacial score (nSPS) is 11.1. The van der Waals surface area contributed by atoms with Crippen molar-refractivity contribution in [3.63, 3.8) is 0 Å². The van der Waals surface area contributed by atoms with Crippen LogP contribution in [0.3, 0.4) is 0 Å². The number of amides is 1. The van der Waals surface area contributed by atoms with E-state index < -0.39 is 10.0 Å². The molecule has 0 radical (unpaired) electrons. The highest BCUT2D eigenvalue weighted by Gasteiger charge is 2.13. The average molecular weight is 394 g/mol. The predicted octanol–water partition coefficient (Wildman–Crippen LogP) is 3.74. The van der Waals surface area contributed by atoms with Crippen LogP contribution in [0.25, 0.3) is 0 Å². The van der Waals surface area contributed by atoms with Crippen LogP contribution in [0.1, 0.15) is 17.5 Å². The molecule has 6 heteroatoms. The lowest BCUT2D eigenvalue weighted by molar-refractivity contribution is -0.116. The van der Waals surface area contributed by atoms with Gasteiger partial charge < -0.3 is 5.32 Å². The smallest absolute Gasteiger partial charge is 0.240 e. The Balaban J connectivity index is 1.53. The van der Waals surface area contributed by atoms with Crippen LogP contribution in [0.4, 0.5) is 5.69 Å². The first-order valence-electron chi connectivity index (χ1n) is 9.00. The van der Waals surface area contributed by atoms with E-state index in [0.29, 0.717) is 12.8 Å². The van der Waals surface area contributed by atoms with Gasteiger partial charge in [-0.15, -0.1) is 0 Å². The van der Waals surface area contributed by atoms with Gasteiger partial charge in [0.1, 0.15) is 0 Å². The Bertz CT molecular complexity index is 1000. The Morgan fingerprint density at radius 2 is 1.36 bits per heavy atom. The first-order valence-corrected chi connectivity index (χ1v) is 10.5. The first kappa shape index (κ1) is 19.8. The molecule has 2 N–H and O–H groups in total. The standard InChI is InChI=1S/C22H22N2O3S/c25-22(24-20-9-5-2-6-10-20)16-13-18-11-14-21(15-12-18)28(26,27)23-17-19-7-3-1-4-8-19/h1-12,14-15,23H,13,16-17H2,(H,24,25). The highest BCUT2D eigenvalue weighted by Crippen LogP contribution is 2.13. The Morgan fingerprint density at radius 3 is 2.00 bits per heavy atom. The molecule has 0 spiro atoms. The maximum atomic E-state index is 12.4. The van der Waals surface area contributed by atoms with E-state index in [1.807, 2.05) is 60.7 Å². The molecule has 0 saturated carbocycles. The second-order valence-electron chi connectivity index (χ2n) is 6.37. The molecule has 144 valence electrons. The summed E-state index contributed by atoms with van der Waals surface area (Å²) in [5.41, 5.74) is 2.57. The van der Waals surface area contributed by atoms with Crippen LogP contribution >= 0.6 is 0 Å². The summed E-state index contributed by atoms with van der Waals surface area (Å²) in [5.74, 6) is -0.0765. The van der Waals surface area contributed by atoms with Gasteiger partial charge in [-0.1, -0.05) is 60.7 Å². The van der Waals surface area contributed by atoms with Gasteiger partial charge in [0.05, 0.1) is 4.90 Å². The zero-order chi connectivity index (χ0) is 19.8. The zero-order valence-corrected chi connectivity index (χ0v) is 16.2. The van der Waals surface area contributed by atoms with Crippen molar-refractivity contribution in [2.45, 2.75) is 24.3 Å². The van der Waals surface area contributed by atoms with E-state index in [0.717, 1.165) is 16.8 Å². The van der Waals surface area contributed by atoms with Gasteiger partial charge in [0.25, 0.3) is 0 Å². The third-order valence-electron chi connectivity index (χ3n) is 4.24. The van der Waals surface area contributed by atoms with E-state index in [1.54, 1.807) is 24.3 Å². The van der Waals surface area contributed by atoms with Crippen LogP contribution in [0.2, 0.25) is 0 Å². The van der Waals surface area contributed by atoms with Gasteiger partial charge in [-0.25, -0.2) is 13.1 Å². The molecule has 0 atom stereocenters. The molecule has 0 saturated heterocycles. The summed E-state index contributed by atoms with van der Waals surface area (Å²) < 4.78 is 27.4. The van der Waals surface area contributed by atoms with Gasteiger partial charge in [0.15, 0.2) is 0 Å². The Morgan fingerprint density at radius 1 is 0.750 bits per heavy atom. The maximum Gasteiger partial charge on any atom is 0.240 e. The summed E-state index contributed by atoms with van der Waals surface area (Å²) in [6, 6.07) is 25.3. The third-order valence-corrected chi connectivity index (χ3v) is 5.66. The van der Waals surface area contributed by atoms with Crippen LogP contribution in [0, 0.1) is 0 Å². The maximum absolute atomic E-state index is 12.4. The number of carbonyl (C=O) groups is 1. The summed E-state index contributed by atoms with van der Waals surface area (Å²) >= 11 is 0. The average Bonchev–Trinajstić information content (AvgIpc) is 2.73. The van der Waals surface area contributed by atoms with Crippen molar-refractivity contribution in [3.05, 3.63) is 96.1 Å². The minimum Gasteiger partial charge on any atom is -0.326 e. The van der Waals surface area contributed by atoms with Gasteiger partial charge >= 0.3 is 0 Å². The molecule has 0 unspecified atom stereocenters. The van der Waals surface area contributed by atoms with Crippen molar-refractivity contribution in [1.82, 2.24) is 4.72 Å². The molecule has 0 aliphatic heterocycles. The minimum atomic E-state index is -3.58. The highest BCUT2D eigenvalue weighted by molar-refractivity contribution is 7.89. The minimum absolute atomic E-state index is 0.0765. The second kappa shape index (κ2) is 9.30. The number of hydrogen-bond donors (Lipinski definition) is 2. The molecular weight excluding hydrogens is 372 g/mol. The SMILES string of the molecule is O=C(CCc1ccc(S(=O)(=O)NCc2ccccc2)cc1)Nc1ccccc1. The van der Waals surface area contributed by atoms with Crippen LogP contribution in [-0.2, 0) is 27.8 Å². The van der Waals surface area contributed by atoms with Crippen molar-refractivity contribution in [2.75, 3.05) is 5.32 Å². The number of rotatable bonds is 8. The van der Waals surface area contributed by atoms with Crippen LogP contribution < -0.4 is 10.0 Å². The molecule has 3 aromatic carbocycles. The zero-order valence-electron chi connectivity index (χ0n) is 15.3. The molecule has 0 aromatic heterocycles. The van der Waals surface area contributed by atoms with Crippen molar-refractivity contribution in [3.8, 4) is 0 Å². The number of benzene rings is 3. The Kier molecular flexibility index (Phi) is 6.57. The lowest BCUT2D eigenvalue weighted by Crippen LogP contribution is -2.23. The fraction of sp³-hybridized carbons (Fsp3) is 0.136. The predicted molar refractivity (Wildman–Crippen MR) is 110 cm³/mol. The van der Waals surface area contributed by atoms with Crippen LogP contribution in [-0.4, -0.2) is 14.3 Å². The van der Waals surface area contributed by atoms with E-state index in [2.05, 4.69) is 10.0 Å². The largest absolute Gasteiger partial charge is 0.326 e. The van der Waals surface area contributed by atoms with Crippen molar-refractivity contribution >= 4 is 21.6 Å². The number of hydrogen-bond acceptors (Lipinski definition) is 3. The molecule has 0 aliphatic rings. The number of para-hydroxylation sites is 1. The van der Waals surface area contributed by atoms with E-state index in [9.17, 15) is 13.2 Å². The Hall–Kier alpha value is -2.96. The summed E-state index contributed by atoms with van der Waals surface area (Å²) in [6.45, 7) is 0.241. The quantitative estimate of drug-likeness (QED) is 0.611. The molecule has 0 aliphatic carbocycles. The second-order valence-corrected chi connectivity index (χ2v) is 8.14. The molecule has 1 amide bonds. The van der Waals surface area contributed by atoms with Crippen LogP contribution in [0.5, 0.6) is 0 Å². The van der Waals surface area contributed by atoms with Crippen molar-refractivity contribution in [2.24, 2.45) is 0 Å². The lowest BCUT2D eigenvalue weighted by Gasteiger charge is -2.08. The van der Waals surface area contributed by atoms with Gasteiger partial charge in [-0.05, 0) is 41.8 Å². The molecule has 5 nitrogen and oxygen atoms in total. The van der Waals surface area contributed by atoms with E-state index in [4.69, 9.17) is 0 Å². The van der Waals surface area contributed by atoms with E-state index >= 15 is 0 Å².